The lowest BCUT2D eigenvalue weighted by molar-refractivity contribution is 0.0666. The van der Waals surface area contributed by atoms with Crippen LogP contribution in [0.3, 0.4) is 0 Å². The zero-order valence-electron chi connectivity index (χ0n) is 12.3. The lowest BCUT2D eigenvalue weighted by atomic mass is 10.1. The smallest absolute Gasteiger partial charge is 0.256 e. The molecule has 0 aliphatic rings. The Morgan fingerprint density at radius 1 is 1.35 bits per heavy atom. The van der Waals surface area contributed by atoms with Gasteiger partial charge in [-0.3, -0.25) is 4.79 Å². The summed E-state index contributed by atoms with van der Waals surface area (Å²) in [6.07, 6.45) is 0. The molecule has 6 heteroatoms. The van der Waals surface area contributed by atoms with Gasteiger partial charge in [-0.1, -0.05) is 0 Å². The lowest BCUT2D eigenvalue weighted by Gasteiger charge is -2.27. The molecule has 0 aliphatic heterocycles. The summed E-state index contributed by atoms with van der Waals surface area (Å²) in [5.74, 6) is 0.622. The molecule has 6 nitrogen and oxygen atoms in total. The van der Waals surface area contributed by atoms with Gasteiger partial charge in [-0.15, -0.1) is 0 Å². The maximum absolute atomic E-state index is 12.6. The second-order valence-corrected chi connectivity index (χ2v) is 4.61. The van der Waals surface area contributed by atoms with Crippen LogP contribution in [-0.2, 0) is 0 Å². The molecule has 0 saturated heterocycles. The summed E-state index contributed by atoms with van der Waals surface area (Å²) in [6, 6.07) is 3.15. The Bertz CT molecular complexity index is 474. The van der Waals surface area contributed by atoms with Crippen molar-refractivity contribution in [3.63, 3.8) is 0 Å². The highest BCUT2D eigenvalue weighted by Crippen LogP contribution is 2.32. The number of nitrogen functional groups attached to an aromatic ring is 1. The van der Waals surface area contributed by atoms with E-state index in [9.17, 15) is 4.79 Å². The van der Waals surface area contributed by atoms with Gasteiger partial charge in [0.25, 0.3) is 5.91 Å². The van der Waals surface area contributed by atoms with Gasteiger partial charge in [0.05, 0.1) is 32.1 Å². The van der Waals surface area contributed by atoms with E-state index in [4.69, 9.17) is 20.3 Å². The Morgan fingerprint density at radius 3 is 2.45 bits per heavy atom. The monoisotopic (exact) mass is 282 g/mol. The number of carbonyl (C=O) groups excluding carboxylic acids is 1. The summed E-state index contributed by atoms with van der Waals surface area (Å²) in [7, 11) is 2.99. The number of ether oxygens (including phenoxy) is 2. The Labute approximate surface area is 119 Å². The third kappa shape index (κ3) is 3.33. The van der Waals surface area contributed by atoms with E-state index < -0.39 is 0 Å². The number of amides is 1. The highest BCUT2D eigenvalue weighted by atomic mass is 16.5. The van der Waals surface area contributed by atoms with Gasteiger partial charge >= 0.3 is 0 Å². The van der Waals surface area contributed by atoms with Gasteiger partial charge < -0.3 is 25.2 Å². The number of carbonyl (C=O) groups is 1. The molecule has 0 aromatic heterocycles. The fourth-order valence-electron chi connectivity index (χ4n) is 1.92. The predicted molar refractivity (Wildman–Crippen MR) is 77.2 cm³/mol. The zero-order valence-corrected chi connectivity index (χ0v) is 12.3. The number of rotatable bonds is 6. The molecule has 0 fully saturated rings. The lowest BCUT2D eigenvalue weighted by Crippen LogP contribution is -2.39. The third-order valence-corrected chi connectivity index (χ3v) is 3.03. The number of methoxy groups -OCH3 is 2. The van der Waals surface area contributed by atoms with Crippen molar-refractivity contribution in [3.8, 4) is 11.5 Å². The second-order valence-electron chi connectivity index (χ2n) is 4.61. The molecular formula is C14H22N2O4. The van der Waals surface area contributed by atoms with Crippen molar-refractivity contribution in [1.29, 1.82) is 0 Å². The summed E-state index contributed by atoms with van der Waals surface area (Å²) >= 11 is 0. The Hall–Kier alpha value is -1.95. The van der Waals surface area contributed by atoms with E-state index in [-0.39, 0.29) is 30.8 Å². The summed E-state index contributed by atoms with van der Waals surface area (Å²) in [5.41, 5.74) is 6.54. The molecule has 20 heavy (non-hydrogen) atoms. The van der Waals surface area contributed by atoms with E-state index in [2.05, 4.69) is 0 Å². The number of aliphatic hydroxyl groups is 1. The maximum atomic E-state index is 12.6. The highest BCUT2D eigenvalue weighted by molar-refractivity contribution is 6.01. The van der Waals surface area contributed by atoms with Crippen molar-refractivity contribution in [2.75, 3.05) is 33.1 Å². The van der Waals surface area contributed by atoms with Crippen LogP contribution in [-0.4, -0.2) is 49.3 Å². The van der Waals surface area contributed by atoms with E-state index in [1.165, 1.54) is 14.2 Å². The molecule has 0 radical (unpaired) electrons. The quantitative estimate of drug-likeness (QED) is 0.764. The van der Waals surface area contributed by atoms with Gasteiger partial charge in [0.1, 0.15) is 11.5 Å². The van der Waals surface area contributed by atoms with E-state index in [0.717, 1.165) is 0 Å². The fraction of sp³-hybridized carbons (Fsp3) is 0.500. The van der Waals surface area contributed by atoms with E-state index in [1.54, 1.807) is 17.0 Å². The van der Waals surface area contributed by atoms with Gasteiger partial charge in [-0.25, -0.2) is 0 Å². The molecule has 0 spiro atoms. The number of nitrogens with two attached hydrogens (primary N) is 1. The number of hydrogen-bond donors (Lipinski definition) is 2. The molecule has 0 atom stereocenters. The summed E-state index contributed by atoms with van der Waals surface area (Å²) in [6.45, 7) is 3.89. The van der Waals surface area contributed by atoms with Gasteiger partial charge in [0.15, 0.2) is 0 Å². The first-order valence-corrected chi connectivity index (χ1v) is 6.39. The molecule has 1 amide bonds. The van der Waals surface area contributed by atoms with Crippen LogP contribution in [0.2, 0.25) is 0 Å². The fourth-order valence-corrected chi connectivity index (χ4v) is 1.92. The van der Waals surface area contributed by atoms with Crippen molar-refractivity contribution in [2.24, 2.45) is 0 Å². The number of anilines is 1. The highest BCUT2D eigenvalue weighted by Gasteiger charge is 2.23. The minimum absolute atomic E-state index is 0.0498. The molecule has 0 heterocycles. The van der Waals surface area contributed by atoms with Crippen LogP contribution in [0.4, 0.5) is 5.69 Å². The Morgan fingerprint density at radius 2 is 2.00 bits per heavy atom. The molecule has 1 aromatic carbocycles. The SMILES string of the molecule is COc1cc(OC)c(N)c(C(=O)N(CCO)C(C)C)c1. The van der Waals surface area contributed by atoms with E-state index in [1.807, 2.05) is 13.8 Å². The number of aliphatic hydroxyl groups excluding tert-OH is 1. The first-order chi connectivity index (χ1) is 9.46. The van der Waals surface area contributed by atoms with Crippen molar-refractivity contribution in [3.05, 3.63) is 17.7 Å². The minimum atomic E-state index is -0.260. The largest absolute Gasteiger partial charge is 0.497 e. The molecular weight excluding hydrogens is 260 g/mol. The third-order valence-electron chi connectivity index (χ3n) is 3.03. The van der Waals surface area contributed by atoms with Crippen LogP contribution < -0.4 is 15.2 Å². The molecule has 3 N–H and O–H groups in total. The summed E-state index contributed by atoms with van der Waals surface area (Å²) < 4.78 is 10.3. The molecule has 0 unspecified atom stereocenters. The molecule has 1 rings (SSSR count). The summed E-state index contributed by atoms with van der Waals surface area (Å²) in [4.78, 5) is 14.1. The van der Waals surface area contributed by atoms with E-state index in [0.29, 0.717) is 17.1 Å². The van der Waals surface area contributed by atoms with E-state index >= 15 is 0 Å². The topological polar surface area (TPSA) is 85.0 Å². The van der Waals surface area contributed by atoms with Crippen LogP contribution >= 0.6 is 0 Å². The predicted octanol–water partition coefficient (Wildman–Crippen LogP) is 1.13. The second kappa shape index (κ2) is 7.00. The zero-order chi connectivity index (χ0) is 15.3. The van der Waals surface area contributed by atoms with Crippen LogP contribution in [0.1, 0.15) is 24.2 Å². The first kappa shape index (κ1) is 16.1. The van der Waals surface area contributed by atoms with Gasteiger partial charge in [-0.05, 0) is 19.9 Å². The Kier molecular flexibility index (Phi) is 5.64. The van der Waals surface area contributed by atoms with Gasteiger partial charge in [0.2, 0.25) is 0 Å². The van der Waals surface area contributed by atoms with Crippen LogP contribution in [0.25, 0.3) is 0 Å². The van der Waals surface area contributed by atoms with Crippen LogP contribution in [0.15, 0.2) is 12.1 Å². The van der Waals surface area contributed by atoms with Crippen molar-refractivity contribution in [2.45, 2.75) is 19.9 Å². The van der Waals surface area contributed by atoms with Crippen molar-refractivity contribution in [1.82, 2.24) is 4.90 Å². The number of nitrogens with zero attached hydrogens (tertiary/aromatic N) is 1. The van der Waals surface area contributed by atoms with Gasteiger partial charge in [-0.2, -0.15) is 0 Å². The molecule has 112 valence electrons. The normalized spacial score (nSPS) is 10.5. The number of benzene rings is 1. The molecule has 0 bridgehead atoms. The van der Waals surface area contributed by atoms with Crippen LogP contribution in [0, 0.1) is 0 Å². The van der Waals surface area contributed by atoms with Crippen molar-refractivity contribution < 1.29 is 19.4 Å². The van der Waals surface area contributed by atoms with Crippen molar-refractivity contribution >= 4 is 11.6 Å². The standard InChI is InChI=1S/C14H22N2O4/c1-9(2)16(5-6-17)14(18)11-7-10(19-3)8-12(20-4)13(11)15/h7-9,17H,5-6,15H2,1-4H3. The average molecular weight is 282 g/mol. The Balaban J connectivity index is 3.25. The molecule has 0 saturated carbocycles. The minimum Gasteiger partial charge on any atom is -0.497 e. The van der Waals surface area contributed by atoms with Crippen LogP contribution in [0.5, 0.6) is 11.5 Å². The summed E-state index contributed by atoms with van der Waals surface area (Å²) in [5, 5.41) is 9.08. The average Bonchev–Trinajstić information content (AvgIpc) is 2.44. The first-order valence-electron chi connectivity index (χ1n) is 6.39. The molecule has 0 aliphatic carbocycles. The van der Waals surface area contributed by atoms with Gasteiger partial charge in [0, 0.05) is 18.7 Å². The maximum Gasteiger partial charge on any atom is 0.256 e. The number of hydrogen-bond acceptors (Lipinski definition) is 5. The molecule has 1 aromatic rings.